The summed E-state index contributed by atoms with van der Waals surface area (Å²) in [6.07, 6.45) is 4.61. The molecule has 9 heteroatoms. The van der Waals surface area contributed by atoms with E-state index < -0.39 is 11.0 Å². The number of aromatic nitrogens is 3. The third-order valence-electron chi connectivity index (χ3n) is 4.39. The minimum atomic E-state index is -1.50. The number of fused-ring (bicyclic) bond motifs is 1. The lowest BCUT2D eigenvalue weighted by atomic mass is 10.0. The molecule has 148 valence electrons. The molecule has 2 aromatic heterocycles. The number of nitriles is 1. The molecule has 0 saturated heterocycles. The molecule has 0 amide bonds. The molecule has 0 bridgehead atoms. The molecule has 1 unspecified atom stereocenters. The topological polar surface area (TPSA) is 101 Å². The van der Waals surface area contributed by atoms with Gasteiger partial charge in [-0.05, 0) is 35.7 Å². The lowest BCUT2D eigenvalue weighted by Gasteiger charge is -2.12. The van der Waals surface area contributed by atoms with E-state index in [9.17, 15) is 9.47 Å². The summed E-state index contributed by atoms with van der Waals surface area (Å²) in [6.45, 7) is 0. The van der Waals surface area contributed by atoms with Crippen molar-refractivity contribution in [2.45, 2.75) is 4.90 Å². The van der Waals surface area contributed by atoms with Crippen LogP contribution in [-0.2, 0) is 11.0 Å². The molecule has 2 aromatic carbocycles. The highest BCUT2D eigenvalue weighted by Gasteiger charge is 2.16. The standard InChI is InChI=1S/C21H14ClN5O2S/c1-29-19-10-18(22)14(11-23)9-17(19)21-16-3-2-15(8-13(16)4-7-25-21)30(28)27-20-5-6-24-12-26-20/h2-10,12H,1H3,(H,24,26,27). The van der Waals surface area contributed by atoms with Crippen molar-refractivity contribution in [3.63, 3.8) is 0 Å². The van der Waals surface area contributed by atoms with E-state index in [2.05, 4.69) is 25.7 Å². The van der Waals surface area contributed by atoms with Gasteiger partial charge in [-0.1, -0.05) is 17.7 Å². The number of ether oxygens (including phenoxy) is 1. The van der Waals surface area contributed by atoms with Crippen molar-refractivity contribution in [1.29, 1.82) is 5.26 Å². The zero-order valence-corrected chi connectivity index (χ0v) is 17.2. The predicted molar refractivity (Wildman–Crippen MR) is 116 cm³/mol. The summed E-state index contributed by atoms with van der Waals surface area (Å²) < 4.78 is 21.0. The van der Waals surface area contributed by atoms with E-state index in [4.69, 9.17) is 16.3 Å². The van der Waals surface area contributed by atoms with Crippen LogP contribution in [0.3, 0.4) is 0 Å². The molecule has 0 aliphatic carbocycles. The number of benzene rings is 2. The van der Waals surface area contributed by atoms with E-state index in [1.54, 1.807) is 36.7 Å². The summed E-state index contributed by atoms with van der Waals surface area (Å²) in [5, 5.41) is 11.3. The van der Waals surface area contributed by atoms with Crippen molar-refractivity contribution in [3.05, 3.63) is 71.8 Å². The van der Waals surface area contributed by atoms with Gasteiger partial charge in [-0.2, -0.15) is 5.26 Å². The smallest absolute Gasteiger partial charge is 0.151 e. The van der Waals surface area contributed by atoms with Gasteiger partial charge in [-0.25, -0.2) is 14.2 Å². The highest BCUT2D eigenvalue weighted by atomic mass is 35.5. The van der Waals surface area contributed by atoms with Crippen molar-refractivity contribution in [3.8, 4) is 23.1 Å². The molecule has 1 atom stereocenters. The summed E-state index contributed by atoms with van der Waals surface area (Å²) in [5.74, 6) is 0.978. The lowest BCUT2D eigenvalue weighted by molar-refractivity contribution is 0.416. The molecular formula is C21H14ClN5O2S. The molecule has 4 aromatic rings. The largest absolute Gasteiger partial charge is 0.496 e. The van der Waals surface area contributed by atoms with E-state index in [0.29, 0.717) is 38.3 Å². The number of rotatable bonds is 5. The maximum Gasteiger partial charge on any atom is 0.151 e. The van der Waals surface area contributed by atoms with E-state index in [-0.39, 0.29) is 0 Å². The fourth-order valence-electron chi connectivity index (χ4n) is 2.99. The number of pyridine rings is 1. The third-order valence-corrected chi connectivity index (χ3v) is 5.78. The fraction of sp³-hybridized carbons (Fsp3) is 0.0476. The average molecular weight is 436 g/mol. The van der Waals surface area contributed by atoms with Crippen LogP contribution in [0.2, 0.25) is 5.02 Å². The van der Waals surface area contributed by atoms with Gasteiger partial charge < -0.3 is 4.74 Å². The van der Waals surface area contributed by atoms with Gasteiger partial charge in [0.05, 0.1) is 28.3 Å². The molecule has 7 nitrogen and oxygen atoms in total. The SMILES string of the molecule is COc1cc(Cl)c(C#N)cc1-c1nccc2cc(S(=O)Nc3ccncn3)ccc12. The number of hydrogen-bond donors (Lipinski definition) is 1. The number of nitrogens with zero attached hydrogens (tertiary/aromatic N) is 4. The minimum absolute atomic E-state index is 0.312. The van der Waals surface area contributed by atoms with Crippen LogP contribution in [0.15, 0.2) is 66.1 Å². The number of anilines is 1. The predicted octanol–water partition coefficient (Wildman–Crippen LogP) is 4.36. The van der Waals surface area contributed by atoms with Crippen LogP contribution in [0.5, 0.6) is 5.75 Å². The molecule has 30 heavy (non-hydrogen) atoms. The van der Waals surface area contributed by atoms with Crippen LogP contribution < -0.4 is 9.46 Å². The average Bonchev–Trinajstić information content (AvgIpc) is 2.78. The molecule has 0 aliphatic heterocycles. The fourth-order valence-corrected chi connectivity index (χ4v) is 4.04. The first-order valence-electron chi connectivity index (χ1n) is 8.72. The second kappa shape index (κ2) is 8.45. The van der Waals surface area contributed by atoms with Crippen molar-refractivity contribution < 1.29 is 8.95 Å². The molecule has 0 aliphatic rings. The Labute approximate surface area is 179 Å². The van der Waals surface area contributed by atoms with Crippen LogP contribution in [-0.4, -0.2) is 26.3 Å². The Morgan fingerprint density at radius 1 is 1.13 bits per heavy atom. The summed E-state index contributed by atoms with van der Waals surface area (Å²) in [6, 6.07) is 14.2. The van der Waals surface area contributed by atoms with Crippen LogP contribution in [0, 0.1) is 11.3 Å². The Kier molecular flexibility index (Phi) is 5.57. The van der Waals surface area contributed by atoms with Crippen molar-refractivity contribution in [2.24, 2.45) is 0 Å². The Morgan fingerprint density at radius 2 is 2.00 bits per heavy atom. The monoisotopic (exact) mass is 435 g/mol. The zero-order valence-electron chi connectivity index (χ0n) is 15.7. The number of hydrogen-bond acceptors (Lipinski definition) is 6. The first-order chi connectivity index (χ1) is 14.6. The Bertz CT molecular complexity index is 1310. The summed E-state index contributed by atoms with van der Waals surface area (Å²) in [4.78, 5) is 12.9. The van der Waals surface area contributed by atoms with Gasteiger partial charge in [-0.15, -0.1) is 0 Å². The zero-order chi connectivity index (χ0) is 21.1. The van der Waals surface area contributed by atoms with Crippen LogP contribution in [0.25, 0.3) is 22.0 Å². The third kappa shape index (κ3) is 3.81. The second-order valence-corrected chi connectivity index (χ2v) is 7.77. The minimum Gasteiger partial charge on any atom is -0.496 e. The number of nitrogens with one attached hydrogen (secondary N) is 1. The molecule has 2 heterocycles. The van der Waals surface area contributed by atoms with E-state index in [1.165, 1.54) is 13.4 Å². The van der Waals surface area contributed by atoms with E-state index in [0.717, 1.165) is 10.8 Å². The first kappa shape index (κ1) is 19.8. The van der Waals surface area contributed by atoms with Crippen LogP contribution in [0.1, 0.15) is 5.56 Å². The highest BCUT2D eigenvalue weighted by Crippen LogP contribution is 2.37. The molecule has 0 radical (unpaired) electrons. The quantitative estimate of drug-likeness (QED) is 0.499. The van der Waals surface area contributed by atoms with E-state index >= 15 is 0 Å². The van der Waals surface area contributed by atoms with Gasteiger partial charge in [0.2, 0.25) is 0 Å². The van der Waals surface area contributed by atoms with Gasteiger partial charge in [0.15, 0.2) is 11.0 Å². The molecule has 1 N–H and O–H groups in total. The van der Waals surface area contributed by atoms with Crippen molar-refractivity contribution in [2.75, 3.05) is 11.8 Å². The second-order valence-electron chi connectivity index (χ2n) is 6.15. The van der Waals surface area contributed by atoms with Gasteiger partial charge in [0.1, 0.15) is 24.0 Å². The maximum absolute atomic E-state index is 12.7. The highest BCUT2D eigenvalue weighted by molar-refractivity contribution is 7.86. The van der Waals surface area contributed by atoms with Crippen molar-refractivity contribution in [1.82, 2.24) is 15.0 Å². The van der Waals surface area contributed by atoms with Crippen molar-refractivity contribution >= 4 is 39.2 Å². The summed E-state index contributed by atoms with van der Waals surface area (Å²) in [7, 11) is 0.0326. The molecule has 0 saturated carbocycles. The molecule has 0 fully saturated rings. The summed E-state index contributed by atoms with van der Waals surface area (Å²) >= 11 is 6.14. The Hall–Kier alpha value is -3.54. The van der Waals surface area contributed by atoms with Gasteiger partial charge in [0.25, 0.3) is 0 Å². The molecule has 4 rings (SSSR count). The van der Waals surface area contributed by atoms with Gasteiger partial charge in [-0.3, -0.25) is 9.71 Å². The lowest BCUT2D eigenvalue weighted by Crippen LogP contribution is -2.06. The van der Waals surface area contributed by atoms with Crippen LogP contribution in [0.4, 0.5) is 5.82 Å². The summed E-state index contributed by atoms with van der Waals surface area (Å²) in [5.41, 5.74) is 1.62. The molecule has 0 spiro atoms. The van der Waals surface area contributed by atoms with E-state index in [1.807, 2.05) is 18.2 Å². The molecular weight excluding hydrogens is 422 g/mol. The Morgan fingerprint density at radius 3 is 2.73 bits per heavy atom. The van der Waals surface area contributed by atoms with Gasteiger partial charge >= 0.3 is 0 Å². The Balaban J connectivity index is 1.78. The first-order valence-corrected chi connectivity index (χ1v) is 10.2. The number of methoxy groups -OCH3 is 1. The normalized spacial score (nSPS) is 11.6. The number of halogens is 1. The maximum atomic E-state index is 12.7. The van der Waals surface area contributed by atoms with Crippen LogP contribution >= 0.6 is 11.6 Å². The van der Waals surface area contributed by atoms with Gasteiger partial charge in [0, 0.05) is 29.4 Å².